The van der Waals surface area contributed by atoms with Crippen LogP contribution in [-0.4, -0.2) is 16.8 Å². The third kappa shape index (κ3) is 3.79. The number of nitrogens with zero attached hydrogens (tertiary/aromatic N) is 1. The largest absolute Gasteiger partial charge is 0.288 e. The Labute approximate surface area is 128 Å². The number of hydrogen-bond acceptors (Lipinski definition) is 3. The van der Waals surface area contributed by atoms with E-state index in [1.807, 2.05) is 0 Å². The van der Waals surface area contributed by atoms with Crippen molar-refractivity contribution in [3.63, 3.8) is 0 Å². The lowest BCUT2D eigenvalue weighted by Gasteiger charge is -2.07. The molecule has 0 unspecified atom stereocenters. The van der Waals surface area contributed by atoms with Gasteiger partial charge in [0.25, 0.3) is 11.8 Å². The third-order valence-corrected chi connectivity index (χ3v) is 3.11. The zero-order chi connectivity index (χ0) is 14.5. The Balaban J connectivity index is 1.96. The van der Waals surface area contributed by atoms with Crippen molar-refractivity contribution in [2.45, 2.75) is 0 Å². The average molecular weight is 355 g/mol. The Morgan fingerprint density at radius 1 is 1.05 bits per heavy atom. The first-order chi connectivity index (χ1) is 9.56. The van der Waals surface area contributed by atoms with Crippen molar-refractivity contribution in [2.75, 3.05) is 0 Å². The zero-order valence-electron chi connectivity index (χ0n) is 10.1. The first kappa shape index (κ1) is 14.5. The van der Waals surface area contributed by atoms with Gasteiger partial charge in [0.15, 0.2) is 0 Å². The van der Waals surface area contributed by atoms with Gasteiger partial charge in [-0.2, -0.15) is 0 Å². The number of carbonyl (C=O) groups excluding carboxylic acids is 2. The SMILES string of the molecule is O=C(NNC(=O)c1cc(Cl)ccn1)c1ccc(Br)cc1. The van der Waals surface area contributed by atoms with E-state index in [0.717, 1.165) is 4.47 Å². The number of rotatable bonds is 2. The van der Waals surface area contributed by atoms with E-state index in [2.05, 4.69) is 31.8 Å². The Morgan fingerprint density at radius 2 is 1.70 bits per heavy atom. The first-order valence-corrected chi connectivity index (χ1v) is 6.71. The van der Waals surface area contributed by atoms with Crippen LogP contribution in [0.3, 0.4) is 0 Å². The van der Waals surface area contributed by atoms with Crippen LogP contribution in [0.15, 0.2) is 47.1 Å². The van der Waals surface area contributed by atoms with Crippen molar-refractivity contribution in [1.82, 2.24) is 15.8 Å². The zero-order valence-corrected chi connectivity index (χ0v) is 12.4. The average Bonchev–Trinajstić information content (AvgIpc) is 2.45. The Hall–Kier alpha value is -1.92. The summed E-state index contributed by atoms with van der Waals surface area (Å²) in [6.45, 7) is 0. The molecule has 0 atom stereocenters. The molecule has 0 fully saturated rings. The molecule has 0 spiro atoms. The number of nitrogens with one attached hydrogen (secondary N) is 2. The summed E-state index contributed by atoms with van der Waals surface area (Å²) < 4.78 is 0.862. The van der Waals surface area contributed by atoms with Crippen LogP contribution in [0.2, 0.25) is 5.02 Å². The second-order valence-electron chi connectivity index (χ2n) is 3.77. The molecule has 0 radical (unpaired) electrons. The van der Waals surface area contributed by atoms with Gasteiger partial charge in [0.2, 0.25) is 0 Å². The molecule has 0 aliphatic carbocycles. The standard InChI is InChI=1S/C13H9BrClN3O2/c14-9-3-1-8(2-4-9)12(19)17-18-13(20)11-7-10(15)5-6-16-11/h1-7H,(H,17,19)(H,18,20). The van der Waals surface area contributed by atoms with Crippen LogP contribution in [0, 0.1) is 0 Å². The minimum atomic E-state index is -0.544. The monoisotopic (exact) mass is 353 g/mol. The molecule has 0 bridgehead atoms. The molecular weight excluding hydrogens is 346 g/mol. The van der Waals surface area contributed by atoms with Gasteiger partial charge in [0.1, 0.15) is 5.69 Å². The number of carbonyl (C=O) groups is 2. The minimum absolute atomic E-state index is 0.119. The minimum Gasteiger partial charge on any atom is -0.267 e. The Bertz CT molecular complexity index is 646. The van der Waals surface area contributed by atoms with Crippen LogP contribution in [0.4, 0.5) is 0 Å². The van der Waals surface area contributed by atoms with E-state index >= 15 is 0 Å². The molecular formula is C13H9BrClN3O2. The van der Waals surface area contributed by atoms with Crippen molar-refractivity contribution < 1.29 is 9.59 Å². The smallest absolute Gasteiger partial charge is 0.267 e. The molecule has 2 N–H and O–H groups in total. The molecule has 0 saturated carbocycles. The fraction of sp³-hybridized carbons (Fsp3) is 0. The van der Waals surface area contributed by atoms with Gasteiger partial charge < -0.3 is 0 Å². The molecule has 1 heterocycles. The molecule has 20 heavy (non-hydrogen) atoms. The van der Waals surface area contributed by atoms with Crippen LogP contribution in [-0.2, 0) is 0 Å². The summed E-state index contributed by atoms with van der Waals surface area (Å²) in [5, 5.41) is 0.393. The lowest BCUT2D eigenvalue weighted by Crippen LogP contribution is -2.41. The summed E-state index contributed by atoms with van der Waals surface area (Å²) in [5.74, 6) is -0.967. The van der Waals surface area contributed by atoms with E-state index < -0.39 is 11.8 Å². The quantitative estimate of drug-likeness (QED) is 0.814. The fourth-order valence-electron chi connectivity index (χ4n) is 1.38. The highest BCUT2D eigenvalue weighted by Crippen LogP contribution is 2.10. The predicted molar refractivity (Wildman–Crippen MR) is 78.3 cm³/mol. The van der Waals surface area contributed by atoms with Crippen molar-refractivity contribution in [2.24, 2.45) is 0 Å². The molecule has 0 saturated heterocycles. The van der Waals surface area contributed by atoms with Gasteiger partial charge in [-0.05, 0) is 36.4 Å². The fourth-order valence-corrected chi connectivity index (χ4v) is 1.80. The van der Waals surface area contributed by atoms with Gasteiger partial charge in [-0.25, -0.2) is 0 Å². The van der Waals surface area contributed by atoms with Crippen LogP contribution in [0.5, 0.6) is 0 Å². The van der Waals surface area contributed by atoms with Crippen LogP contribution in [0.25, 0.3) is 0 Å². The van der Waals surface area contributed by atoms with Gasteiger partial charge in [-0.15, -0.1) is 0 Å². The molecule has 0 aliphatic heterocycles. The van der Waals surface area contributed by atoms with Crippen LogP contribution >= 0.6 is 27.5 Å². The van der Waals surface area contributed by atoms with Crippen molar-refractivity contribution in [1.29, 1.82) is 0 Å². The van der Waals surface area contributed by atoms with E-state index in [1.165, 1.54) is 12.3 Å². The maximum absolute atomic E-state index is 11.8. The van der Waals surface area contributed by atoms with E-state index in [4.69, 9.17) is 11.6 Å². The summed E-state index contributed by atoms with van der Waals surface area (Å²) in [5.41, 5.74) is 5.11. The van der Waals surface area contributed by atoms with E-state index in [1.54, 1.807) is 30.3 Å². The maximum Gasteiger partial charge on any atom is 0.288 e. The molecule has 1 aromatic heterocycles. The summed E-state index contributed by atoms with van der Waals surface area (Å²) in [6.07, 6.45) is 1.41. The third-order valence-electron chi connectivity index (χ3n) is 2.35. The van der Waals surface area contributed by atoms with Crippen molar-refractivity contribution >= 4 is 39.3 Å². The highest BCUT2D eigenvalue weighted by molar-refractivity contribution is 9.10. The second-order valence-corrected chi connectivity index (χ2v) is 5.13. The maximum atomic E-state index is 11.8. The van der Waals surface area contributed by atoms with Gasteiger partial charge in [-0.1, -0.05) is 27.5 Å². The molecule has 2 aromatic rings. The molecule has 5 nitrogen and oxygen atoms in total. The van der Waals surface area contributed by atoms with E-state index in [9.17, 15) is 9.59 Å². The summed E-state index contributed by atoms with van der Waals surface area (Å²) in [4.78, 5) is 27.4. The number of aromatic nitrogens is 1. The number of halogens is 2. The van der Waals surface area contributed by atoms with E-state index in [-0.39, 0.29) is 5.69 Å². The molecule has 1 aromatic carbocycles. The van der Waals surface area contributed by atoms with Crippen molar-refractivity contribution in [3.8, 4) is 0 Å². The van der Waals surface area contributed by atoms with Gasteiger partial charge >= 0.3 is 0 Å². The van der Waals surface area contributed by atoms with Crippen LogP contribution in [0.1, 0.15) is 20.8 Å². The van der Waals surface area contributed by atoms with Crippen LogP contribution < -0.4 is 10.9 Å². The summed E-state index contributed by atoms with van der Waals surface area (Å²) >= 11 is 9.02. The first-order valence-electron chi connectivity index (χ1n) is 5.54. The molecule has 102 valence electrons. The number of hydrogen-bond donors (Lipinski definition) is 2. The second kappa shape index (κ2) is 6.49. The number of benzene rings is 1. The highest BCUT2D eigenvalue weighted by atomic mass is 79.9. The summed E-state index contributed by atoms with van der Waals surface area (Å²) in [7, 11) is 0. The lowest BCUT2D eigenvalue weighted by atomic mass is 10.2. The topological polar surface area (TPSA) is 71.1 Å². The number of pyridine rings is 1. The predicted octanol–water partition coefficient (Wildman–Crippen LogP) is 2.57. The Morgan fingerprint density at radius 3 is 2.35 bits per heavy atom. The molecule has 2 rings (SSSR count). The van der Waals surface area contributed by atoms with Gasteiger partial charge in [-0.3, -0.25) is 25.4 Å². The normalized spacial score (nSPS) is 9.90. The van der Waals surface area contributed by atoms with Gasteiger partial charge in [0, 0.05) is 21.3 Å². The Kier molecular flexibility index (Phi) is 4.70. The number of hydrazine groups is 1. The van der Waals surface area contributed by atoms with Gasteiger partial charge in [0.05, 0.1) is 0 Å². The lowest BCUT2D eigenvalue weighted by molar-refractivity contribution is 0.0844. The van der Waals surface area contributed by atoms with E-state index in [0.29, 0.717) is 10.6 Å². The number of amides is 2. The molecule has 7 heteroatoms. The van der Waals surface area contributed by atoms with Crippen molar-refractivity contribution in [3.05, 3.63) is 63.3 Å². The molecule has 2 amide bonds. The molecule has 0 aliphatic rings. The summed E-state index contributed by atoms with van der Waals surface area (Å²) in [6, 6.07) is 9.68. The highest BCUT2D eigenvalue weighted by Gasteiger charge is 2.10.